The van der Waals surface area contributed by atoms with Crippen molar-refractivity contribution in [3.8, 4) is 6.07 Å². The number of rotatable bonds is 4. The molecule has 0 spiro atoms. The van der Waals surface area contributed by atoms with Crippen LogP contribution in [0.1, 0.15) is 28.8 Å². The Morgan fingerprint density at radius 3 is 2.61 bits per heavy atom. The third kappa shape index (κ3) is 4.20. The number of aromatic nitrogens is 1. The Morgan fingerprint density at radius 1 is 1.25 bits per heavy atom. The summed E-state index contributed by atoms with van der Waals surface area (Å²) >= 11 is 6.07. The number of hydrogen-bond donors (Lipinski definition) is 1. The summed E-state index contributed by atoms with van der Waals surface area (Å²) in [6.45, 7) is 6.43. The first-order valence-electron chi connectivity index (χ1n) is 9.31. The average molecular weight is 399 g/mol. The van der Waals surface area contributed by atoms with Gasteiger partial charge in [-0.3, -0.25) is 9.59 Å². The fourth-order valence-corrected chi connectivity index (χ4v) is 3.88. The van der Waals surface area contributed by atoms with Crippen LogP contribution in [-0.2, 0) is 11.2 Å². The minimum Gasteiger partial charge on any atom is -0.368 e. The molecule has 2 aromatic rings. The van der Waals surface area contributed by atoms with Gasteiger partial charge in [0.2, 0.25) is 5.91 Å². The Balaban J connectivity index is 1.60. The highest BCUT2D eigenvalue weighted by Gasteiger charge is 2.22. The summed E-state index contributed by atoms with van der Waals surface area (Å²) in [5.41, 5.74) is 3.10. The van der Waals surface area contributed by atoms with Crippen LogP contribution in [0.2, 0.25) is 5.02 Å². The van der Waals surface area contributed by atoms with Crippen molar-refractivity contribution in [2.24, 2.45) is 0 Å². The van der Waals surface area contributed by atoms with Crippen molar-refractivity contribution in [2.45, 2.75) is 26.7 Å². The van der Waals surface area contributed by atoms with Crippen molar-refractivity contribution in [1.82, 2.24) is 9.88 Å². The van der Waals surface area contributed by atoms with Crippen molar-refractivity contribution < 1.29 is 4.79 Å². The molecule has 7 heteroatoms. The lowest BCUT2D eigenvalue weighted by Gasteiger charge is -2.36. The van der Waals surface area contributed by atoms with E-state index in [1.165, 1.54) is 0 Å². The number of H-pyrrole nitrogens is 1. The van der Waals surface area contributed by atoms with Crippen molar-refractivity contribution >= 4 is 23.2 Å². The lowest BCUT2D eigenvalue weighted by Crippen LogP contribution is -2.48. The Kier molecular flexibility index (Phi) is 6.05. The molecule has 3 rings (SSSR count). The fraction of sp³-hybridized carbons (Fsp3) is 0.381. The molecule has 1 N–H and O–H groups in total. The number of carbonyl (C=O) groups is 1. The van der Waals surface area contributed by atoms with E-state index in [4.69, 9.17) is 11.6 Å². The van der Waals surface area contributed by atoms with E-state index >= 15 is 0 Å². The maximum Gasteiger partial charge on any atom is 0.266 e. The Labute approximate surface area is 169 Å². The Bertz CT molecular complexity index is 985. The molecule has 1 aliphatic heterocycles. The zero-order chi connectivity index (χ0) is 20.3. The molecule has 1 aliphatic rings. The average Bonchev–Trinajstić information content (AvgIpc) is 2.68. The molecule has 146 valence electrons. The van der Waals surface area contributed by atoms with Crippen molar-refractivity contribution in [3.63, 3.8) is 0 Å². The lowest BCUT2D eigenvalue weighted by atomic mass is 9.99. The van der Waals surface area contributed by atoms with E-state index in [1.54, 1.807) is 13.8 Å². The van der Waals surface area contributed by atoms with E-state index in [0.29, 0.717) is 36.5 Å². The summed E-state index contributed by atoms with van der Waals surface area (Å²) in [6.07, 6.45) is 0.867. The summed E-state index contributed by atoms with van der Waals surface area (Å²) in [6, 6.07) is 9.70. The molecule has 1 fully saturated rings. The predicted molar refractivity (Wildman–Crippen MR) is 110 cm³/mol. The molecular weight excluding hydrogens is 376 g/mol. The molecule has 6 nitrogen and oxygen atoms in total. The molecule has 1 saturated heterocycles. The SMILES string of the molecule is Cc1[nH]c(=O)c(C#N)c(C)c1CCC(=O)N1CCN(c2cccc(Cl)c2)CC1. The van der Waals surface area contributed by atoms with Crippen molar-refractivity contribution in [3.05, 3.63) is 62.0 Å². The third-order valence-electron chi connectivity index (χ3n) is 5.31. The second-order valence-electron chi connectivity index (χ2n) is 7.02. The number of hydrogen-bond acceptors (Lipinski definition) is 4. The number of pyridine rings is 1. The van der Waals surface area contributed by atoms with E-state index in [2.05, 4.69) is 9.88 Å². The van der Waals surface area contributed by atoms with Crippen LogP contribution in [0.3, 0.4) is 0 Å². The number of benzene rings is 1. The standard InChI is InChI=1S/C21H23ClN4O2/c1-14-18(15(2)24-21(28)19(14)13-23)6-7-20(27)26-10-8-25(9-11-26)17-5-3-4-16(22)12-17/h3-5,12H,6-11H2,1-2H3,(H,24,28). The van der Waals surface area contributed by atoms with Gasteiger partial charge >= 0.3 is 0 Å². The first kappa shape index (κ1) is 20.0. The normalized spacial score (nSPS) is 14.1. The number of nitrogens with one attached hydrogen (secondary N) is 1. The molecule has 0 unspecified atom stereocenters. The molecule has 0 bridgehead atoms. The summed E-state index contributed by atoms with van der Waals surface area (Å²) in [7, 11) is 0. The van der Waals surface area contributed by atoms with Gasteiger partial charge in [0.15, 0.2) is 0 Å². The topological polar surface area (TPSA) is 80.2 Å². The summed E-state index contributed by atoms with van der Waals surface area (Å²) in [5.74, 6) is 0.0919. The summed E-state index contributed by atoms with van der Waals surface area (Å²) in [5, 5.41) is 9.88. The maximum atomic E-state index is 12.7. The first-order valence-corrected chi connectivity index (χ1v) is 9.69. The van der Waals surface area contributed by atoms with E-state index in [9.17, 15) is 14.9 Å². The summed E-state index contributed by atoms with van der Waals surface area (Å²) < 4.78 is 0. The number of nitrogens with zero attached hydrogens (tertiary/aromatic N) is 3. The highest BCUT2D eigenvalue weighted by Crippen LogP contribution is 2.21. The highest BCUT2D eigenvalue weighted by molar-refractivity contribution is 6.30. The molecule has 1 aromatic heterocycles. The quantitative estimate of drug-likeness (QED) is 0.858. The van der Waals surface area contributed by atoms with E-state index in [1.807, 2.05) is 35.2 Å². The van der Waals surface area contributed by atoms with Gasteiger partial charge in [0.05, 0.1) is 0 Å². The van der Waals surface area contributed by atoms with Crippen LogP contribution in [0.25, 0.3) is 0 Å². The largest absolute Gasteiger partial charge is 0.368 e. The van der Waals surface area contributed by atoms with Crippen LogP contribution in [-0.4, -0.2) is 42.0 Å². The third-order valence-corrected chi connectivity index (χ3v) is 5.55. The maximum absolute atomic E-state index is 12.7. The highest BCUT2D eigenvalue weighted by atomic mass is 35.5. The van der Waals surface area contributed by atoms with Gasteiger partial charge in [-0.25, -0.2) is 0 Å². The van der Waals surface area contributed by atoms with Crippen molar-refractivity contribution in [1.29, 1.82) is 5.26 Å². The second-order valence-corrected chi connectivity index (χ2v) is 7.45. The molecule has 0 radical (unpaired) electrons. The monoisotopic (exact) mass is 398 g/mol. The minimum atomic E-state index is -0.371. The van der Waals surface area contributed by atoms with Crippen LogP contribution >= 0.6 is 11.6 Å². The van der Waals surface area contributed by atoms with Gasteiger partial charge in [0, 0.05) is 49.0 Å². The molecule has 0 aliphatic carbocycles. The van der Waals surface area contributed by atoms with Crippen LogP contribution in [0.4, 0.5) is 5.69 Å². The Hall–Kier alpha value is -2.78. The number of aromatic amines is 1. The minimum absolute atomic E-state index is 0.0919. The van der Waals surface area contributed by atoms with Crippen LogP contribution in [0.5, 0.6) is 0 Å². The molecule has 28 heavy (non-hydrogen) atoms. The predicted octanol–water partition coefficient (Wildman–Crippen LogP) is 2.80. The number of carbonyl (C=O) groups excluding carboxylic acids is 1. The molecule has 0 saturated carbocycles. The van der Waals surface area contributed by atoms with Crippen molar-refractivity contribution in [2.75, 3.05) is 31.1 Å². The van der Waals surface area contributed by atoms with Gasteiger partial charge in [-0.05, 0) is 49.6 Å². The number of halogens is 1. The number of nitriles is 1. The number of anilines is 1. The van der Waals surface area contributed by atoms with E-state index < -0.39 is 0 Å². The molecule has 1 aromatic carbocycles. The van der Waals surface area contributed by atoms with Crippen LogP contribution in [0, 0.1) is 25.2 Å². The van der Waals surface area contributed by atoms with Gasteiger partial charge in [-0.15, -0.1) is 0 Å². The first-order chi connectivity index (χ1) is 13.4. The lowest BCUT2D eigenvalue weighted by molar-refractivity contribution is -0.131. The smallest absolute Gasteiger partial charge is 0.266 e. The van der Waals surface area contributed by atoms with Gasteiger partial charge in [0.25, 0.3) is 5.56 Å². The van der Waals surface area contributed by atoms with Gasteiger partial charge in [-0.1, -0.05) is 17.7 Å². The zero-order valence-corrected chi connectivity index (χ0v) is 16.8. The van der Waals surface area contributed by atoms with Crippen LogP contribution in [0.15, 0.2) is 29.1 Å². The second kappa shape index (κ2) is 8.49. The molecule has 1 amide bonds. The number of piperazine rings is 1. The fourth-order valence-electron chi connectivity index (χ4n) is 3.70. The van der Waals surface area contributed by atoms with E-state index in [-0.39, 0.29) is 17.0 Å². The number of amides is 1. The van der Waals surface area contributed by atoms with E-state index in [0.717, 1.165) is 30.0 Å². The van der Waals surface area contributed by atoms with Gasteiger partial charge in [-0.2, -0.15) is 5.26 Å². The van der Waals surface area contributed by atoms with Gasteiger partial charge < -0.3 is 14.8 Å². The van der Waals surface area contributed by atoms with Gasteiger partial charge in [0.1, 0.15) is 11.6 Å². The van der Waals surface area contributed by atoms with Crippen LogP contribution < -0.4 is 10.5 Å². The molecular formula is C21H23ClN4O2. The Morgan fingerprint density at radius 2 is 1.96 bits per heavy atom. The molecule has 2 heterocycles. The number of aryl methyl sites for hydroxylation is 1. The summed E-state index contributed by atoms with van der Waals surface area (Å²) in [4.78, 5) is 31.3. The zero-order valence-electron chi connectivity index (χ0n) is 16.1. The molecule has 0 atom stereocenters.